The third-order valence-electron chi connectivity index (χ3n) is 4.41. The number of hydrogen-bond donors (Lipinski definition) is 0. The zero-order valence-corrected chi connectivity index (χ0v) is 15.2. The lowest BCUT2D eigenvalue weighted by atomic mass is 10.1. The van der Waals surface area contributed by atoms with Crippen LogP contribution in [0.4, 0.5) is 23.2 Å². The number of hydrogen-bond acceptors (Lipinski definition) is 2. The van der Waals surface area contributed by atoms with Gasteiger partial charge in [-0.05, 0) is 36.8 Å². The molecule has 0 saturated carbocycles. The molecule has 0 spiro atoms. The number of anilines is 1. The van der Waals surface area contributed by atoms with Crippen LogP contribution in [-0.2, 0) is 11.0 Å². The van der Waals surface area contributed by atoms with Crippen LogP contribution in [0.1, 0.15) is 28.8 Å². The lowest BCUT2D eigenvalue weighted by Gasteiger charge is -2.29. The van der Waals surface area contributed by atoms with E-state index in [1.165, 1.54) is 23.1 Å². The molecule has 1 aliphatic heterocycles. The summed E-state index contributed by atoms with van der Waals surface area (Å²) in [6.45, 7) is 0.115. The van der Waals surface area contributed by atoms with Crippen LogP contribution in [0.25, 0.3) is 0 Å². The molecule has 1 saturated heterocycles. The molecule has 148 valence electrons. The number of halogens is 5. The van der Waals surface area contributed by atoms with Crippen molar-refractivity contribution in [3.8, 4) is 0 Å². The normalized spacial score (nSPS) is 14.5. The second-order valence-electron chi connectivity index (χ2n) is 6.28. The first-order valence-corrected chi connectivity index (χ1v) is 8.77. The van der Waals surface area contributed by atoms with Crippen molar-refractivity contribution < 1.29 is 27.2 Å². The first-order chi connectivity index (χ1) is 13.2. The van der Waals surface area contributed by atoms with Gasteiger partial charge in [-0.15, -0.1) is 0 Å². The van der Waals surface area contributed by atoms with Gasteiger partial charge in [0.25, 0.3) is 5.91 Å². The molecule has 1 aliphatic rings. The highest BCUT2D eigenvalue weighted by Crippen LogP contribution is 2.33. The smallest absolute Gasteiger partial charge is 0.324 e. The second-order valence-corrected chi connectivity index (χ2v) is 6.68. The summed E-state index contributed by atoms with van der Waals surface area (Å²) in [6.07, 6.45) is -3.85. The van der Waals surface area contributed by atoms with E-state index in [0.717, 1.165) is 29.2 Å². The highest BCUT2D eigenvalue weighted by molar-refractivity contribution is 6.31. The fourth-order valence-electron chi connectivity index (χ4n) is 3.00. The number of carbonyl (C=O) groups excluding carboxylic acids is 2. The van der Waals surface area contributed by atoms with Crippen molar-refractivity contribution >= 4 is 29.1 Å². The number of amides is 2. The summed E-state index contributed by atoms with van der Waals surface area (Å²) in [6, 6.07) is 7.77. The molecule has 0 radical (unpaired) electrons. The highest BCUT2D eigenvalue weighted by atomic mass is 35.5. The molecule has 0 N–H and O–H groups in total. The van der Waals surface area contributed by atoms with Gasteiger partial charge in [-0.2, -0.15) is 13.2 Å². The predicted molar refractivity (Wildman–Crippen MR) is 95.5 cm³/mol. The molecule has 4 nitrogen and oxygen atoms in total. The number of nitrogens with zero attached hydrogens (tertiary/aromatic N) is 2. The van der Waals surface area contributed by atoms with Crippen LogP contribution in [0.5, 0.6) is 0 Å². The van der Waals surface area contributed by atoms with E-state index in [-0.39, 0.29) is 23.3 Å². The topological polar surface area (TPSA) is 40.6 Å². The summed E-state index contributed by atoms with van der Waals surface area (Å²) in [7, 11) is 0. The maximum atomic E-state index is 13.5. The van der Waals surface area contributed by atoms with E-state index in [4.69, 9.17) is 11.6 Å². The summed E-state index contributed by atoms with van der Waals surface area (Å²) in [4.78, 5) is 27.4. The van der Waals surface area contributed by atoms with Crippen molar-refractivity contribution in [1.82, 2.24) is 4.90 Å². The van der Waals surface area contributed by atoms with Gasteiger partial charge >= 0.3 is 6.18 Å². The van der Waals surface area contributed by atoms with Gasteiger partial charge in [0.05, 0.1) is 16.1 Å². The van der Waals surface area contributed by atoms with Crippen LogP contribution in [0.3, 0.4) is 0 Å². The SMILES string of the molecule is O=C1CCCN1CN(C(=O)c1ccccc1C(F)(F)F)c1ccc(F)c(Cl)c1. The third kappa shape index (κ3) is 4.11. The minimum absolute atomic E-state index is 0.0908. The van der Waals surface area contributed by atoms with Crippen LogP contribution in [0.15, 0.2) is 42.5 Å². The summed E-state index contributed by atoms with van der Waals surface area (Å²) in [5.74, 6) is -1.91. The second kappa shape index (κ2) is 7.79. The largest absolute Gasteiger partial charge is 0.417 e. The molecule has 0 aromatic heterocycles. The molecule has 0 unspecified atom stereocenters. The minimum Gasteiger partial charge on any atom is -0.324 e. The van der Waals surface area contributed by atoms with Crippen LogP contribution in [0.2, 0.25) is 5.02 Å². The fourth-order valence-corrected chi connectivity index (χ4v) is 3.18. The molecule has 1 heterocycles. The molecule has 9 heteroatoms. The average Bonchev–Trinajstić information content (AvgIpc) is 3.05. The Balaban J connectivity index is 2.04. The zero-order chi connectivity index (χ0) is 20.5. The lowest BCUT2D eigenvalue weighted by molar-refractivity contribution is -0.138. The minimum atomic E-state index is -4.73. The lowest BCUT2D eigenvalue weighted by Crippen LogP contribution is -2.43. The summed E-state index contributed by atoms with van der Waals surface area (Å²) in [5.41, 5.74) is -1.57. The van der Waals surface area contributed by atoms with Crippen LogP contribution >= 0.6 is 11.6 Å². The first-order valence-electron chi connectivity index (χ1n) is 8.39. The molecular formula is C19H15ClF4N2O2. The predicted octanol–water partition coefficient (Wildman–Crippen LogP) is 4.72. The van der Waals surface area contributed by atoms with Crippen molar-refractivity contribution in [2.24, 2.45) is 0 Å². The van der Waals surface area contributed by atoms with Crippen molar-refractivity contribution in [1.29, 1.82) is 0 Å². The van der Waals surface area contributed by atoms with Gasteiger partial charge in [0.1, 0.15) is 12.5 Å². The van der Waals surface area contributed by atoms with Gasteiger partial charge in [0.15, 0.2) is 0 Å². The molecule has 2 amide bonds. The van der Waals surface area contributed by atoms with E-state index in [1.807, 2.05) is 0 Å². The number of rotatable bonds is 4. The molecule has 3 rings (SSSR count). The van der Waals surface area contributed by atoms with Crippen molar-refractivity contribution in [3.05, 3.63) is 64.4 Å². The van der Waals surface area contributed by atoms with E-state index in [1.54, 1.807) is 0 Å². The maximum absolute atomic E-state index is 13.5. The van der Waals surface area contributed by atoms with Crippen molar-refractivity contribution in [2.45, 2.75) is 19.0 Å². The summed E-state index contributed by atoms with van der Waals surface area (Å²) < 4.78 is 53.6. The van der Waals surface area contributed by atoms with E-state index in [2.05, 4.69) is 0 Å². The van der Waals surface area contributed by atoms with Gasteiger partial charge in [-0.1, -0.05) is 23.7 Å². The number of likely N-dealkylation sites (tertiary alicyclic amines) is 1. The monoisotopic (exact) mass is 414 g/mol. The molecule has 28 heavy (non-hydrogen) atoms. The first kappa shape index (κ1) is 20.1. The molecule has 1 fully saturated rings. The van der Waals surface area contributed by atoms with Gasteiger partial charge < -0.3 is 4.90 Å². The van der Waals surface area contributed by atoms with Crippen LogP contribution in [-0.4, -0.2) is 29.9 Å². The molecule has 2 aromatic rings. The number of carbonyl (C=O) groups is 2. The summed E-state index contributed by atoms with van der Waals surface area (Å²) in [5, 5.41) is -0.285. The van der Waals surface area contributed by atoms with Crippen molar-refractivity contribution in [3.63, 3.8) is 0 Å². The third-order valence-corrected chi connectivity index (χ3v) is 4.70. The van der Waals surface area contributed by atoms with E-state index < -0.39 is 29.0 Å². The Kier molecular flexibility index (Phi) is 5.60. The van der Waals surface area contributed by atoms with E-state index in [0.29, 0.717) is 19.4 Å². The highest BCUT2D eigenvalue weighted by Gasteiger charge is 2.37. The van der Waals surface area contributed by atoms with Crippen LogP contribution < -0.4 is 4.90 Å². The quantitative estimate of drug-likeness (QED) is 0.679. The number of alkyl halides is 3. The fraction of sp³-hybridized carbons (Fsp3) is 0.263. The zero-order valence-electron chi connectivity index (χ0n) is 14.5. The van der Waals surface area contributed by atoms with Gasteiger partial charge in [0.2, 0.25) is 5.91 Å². The van der Waals surface area contributed by atoms with Crippen LogP contribution in [0, 0.1) is 5.82 Å². The Morgan fingerprint density at radius 3 is 2.50 bits per heavy atom. The standard InChI is InChI=1S/C19H15ClF4N2O2/c20-15-10-12(7-8-16(15)21)26(11-25-9-3-6-17(25)27)18(28)13-4-1-2-5-14(13)19(22,23)24/h1-2,4-5,7-8,10H,3,6,9,11H2. The van der Waals surface area contributed by atoms with Gasteiger partial charge in [-0.25, -0.2) is 4.39 Å². The Morgan fingerprint density at radius 1 is 1.18 bits per heavy atom. The Morgan fingerprint density at radius 2 is 1.89 bits per heavy atom. The Labute approximate surface area is 163 Å². The molecule has 0 bridgehead atoms. The maximum Gasteiger partial charge on any atom is 0.417 e. The Hall–Kier alpha value is -2.61. The molecule has 2 aromatic carbocycles. The summed E-state index contributed by atoms with van der Waals surface area (Å²) >= 11 is 5.78. The molecule has 0 aliphatic carbocycles. The average molecular weight is 415 g/mol. The number of benzene rings is 2. The van der Waals surface area contributed by atoms with Crippen molar-refractivity contribution in [2.75, 3.05) is 18.1 Å². The van der Waals surface area contributed by atoms with E-state index >= 15 is 0 Å². The van der Waals surface area contributed by atoms with Gasteiger partial charge in [0, 0.05) is 18.7 Å². The molecule has 0 atom stereocenters. The molecular weight excluding hydrogens is 400 g/mol. The van der Waals surface area contributed by atoms with Gasteiger partial charge in [-0.3, -0.25) is 14.5 Å². The Bertz CT molecular complexity index is 917. The van der Waals surface area contributed by atoms with E-state index in [9.17, 15) is 27.2 Å².